The van der Waals surface area contributed by atoms with E-state index in [0.717, 1.165) is 51.6 Å². The summed E-state index contributed by atoms with van der Waals surface area (Å²) in [7, 11) is 0. The Morgan fingerprint density at radius 1 is 1.17 bits per heavy atom. The maximum atomic E-state index is 13.4. The molecule has 2 fully saturated rings. The van der Waals surface area contributed by atoms with E-state index in [2.05, 4.69) is 30.2 Å². The van der Waals surface area contributed by atoms with Crippen LogP contribution in [0.1, 0.15) is 50.5 Å². The first-order valence-electron chi connectivity index (χ1n) is 10.9. The lowest BCUT2D eigenvalue weighted by Gasteiger charge is -2.41. The number of piperidine rings is 1. The van der Waals surface area contributed by atoms with Gasteiger partial charge in [0, 0.05) is 31.6 Å². The van der Waals surface area contributed by atoms with E-state index in [9.17, 15) is 9.59 Å². The van der Waals surface area contributed by atoms with Gasteiger partial charge < -0.3 is 9.80 Å². The van der Waals surface area contributed by atoms with Crippen LogP contribution in [0.3, 0.4) is 0 Å². The summed E-state index contributed by atoms with van der Waals surface area (Å²) in [5, 5.41) is 0. The molecule has 1 unspecified atom stereocenters. The SMILES string of the molecule is C=CCC1(CC=C)CCCN1C(=O)C1CCC(=O)N(CCCc2ccccc2)C1. The van der Waals surface area contributed by atoms with Crippen LogP contribution in [-0.4, -0.2) is 46.8 Å². The minimum Gasteiger partial charge on any atom is -0.342 e. The van der Waals surface area contributed by atoms with Gasteiger partial charge in [0.15, 0.2) is 0 Å². The molecule has 2 heterocycles. The van der Waals surface area contributed by atoms with Gasteiger partial charge in [-0.15, -0.1) is 13.2 Å². The summed E-state index contributed by atoms with van der Waals surface area (Å²) < 4.78 is 0. The zero-order valence-electron chi connectivity index (χ0n) is 17.5. The summed E-state index contributed by atoms with van der Waals surface area (Å²) >= 11 is 0. The van der Waals surface area contributed by atoms with Crippen molar-refractivity contribution in [2.75, 3.05) is 19.6 Å². The lowest BCUT2D eigenvalue weighted by atomic mass is 9.86. The standard InChI is InChI=1S/C25H34N2O2/c1-3-15-25(16-4-2)17-9-19-27(25)24(29)22-13-14-23(28)26(20-22)18-8-12-21-10-6-5-7-11-21/h3-7,10-11,22H,1-2,8-9,12-20H2. The van der Waals surface area contributed by atoms with E-state index in [0.29, 0.717) is 19.4 Å². The number of nitrogens with zero attached hydrogens (tertiary/aromatic N) is 2. The van der Waals surface area contributed by atoms with Gasteiger partial charge in [-0.1, -0.05) is 42.5 Å². The smallest absolute Gasteiger partial charge is 0.227 e. The van der Waals surface area contributed by atoms with Crippen LogP contribution in [0.5, 0.6) is 0 Å². The third-order valence-corrected chi connectivity index (χ3v) is 6.50. The number of benzene rings is 1. The molecule has 0 spiro atoms. The quantitative estimate of drug-likeness (QED) is 0.584. The summed E-state index contributed by atoms with van der Waals surface area (Å²) in [6.45, 7) is 9.91. The van der Waals surface area contributed by atoms with Crippen LogP contribution < -0.4 is 0 Å². The van der Waals surface area contributed by atoms with Crippen molar-refractivity contribution in [3.63, 3.8) is 0 Å². The number of rotatable bonds is 9. The van der Waals surface area contributed by atoms with E-state index in [-0.39, 0.29) is 23.3 Å². The van der Waals surface area contributed by atoms with E-state index in [4.69, 9.17) is 0 Å². The molecular weight excluding hydrogens is 360 g/mol. The Labute approximate surface area is 175 Å². The third-order valence-electron chi connectivity index (χ3n) is 6.50. The Hall–Kier alpha value is -2.36. The highest BCUT2D eigenvalue weighted by molar-refractivity contribution is 5.84. The number of carbonyl (C=O) groups excluding carboxylic acids is 2. The predicted molar refractivity (Wildman–Crippen MR) is 117 cm³/mol. The van der Waals surface area contributed by atoms with Crippen molar-refractivity contribution in [2.24, 2.45) is 5.92 Å². The normalized spacial score (nSPS) is 21.2. The summed E-state index contributed by atoms with van der Waals surface area (Å²) in [5.74, 6) is 0.315. The lowest BCUT2D eigenvalue weighted by molar-refractivity contribution is -0.145. The fourth-order valence-electron chi connectivity index (χ4n) is 5.00. The summed E-state index contributed by atoms with van der Waals surface area (Å²) in [5.41, 5.74) is 1.13. The van der Waals surface area contributed by atoms with Gasteiger partial charge in [0.1, 0.15) is 0 Å². The minimum atomic E-state index is -0.166. The molecule has 0 aromatic heterocycles. The van der Waals surface area contributed by atoms with E-state index in [1.807, 2.05) is 35.3 Å². The van der Waals surface area contributed by atoms with Crippen molar-refractivity contribution >= 4 is 11.8 Å². The van der Waals surface area contributed by atoms with E-state index in [1.54, 1.807) is 0 Å². The molecule has 0 N–H and O–H groups in total. The largest absolute Gasteiger partial charge is 0.342 e. The fraction of sp³-hybridized carbons (Fsp3) is 0.520. The Balaban J connectivity index is 1.61. The number of hydrogen-bond donors (Lipinski definition) is 0. The van der Waals surface area contributed by atoms with Crippen molar-refractivity contribution in [1.82, 2.24) is 9.80 Å². The summed E-state index contributed by atoms with van der Waals surface area (Å²) in [6, 6.07) is 10.4. The highest BCUT2D eigenvalue weighted by Gasteiger charge is 2.44. The minimum absolute atomic E-state index is 0.0865. The van der Waals surface area contributed by atoms with Gasteiger partial charge in [-0.05, 0) is 50.5 Å². The van der Waals surface area contributed by atoms with Gasteiger partial charge in [-0.2, -0.15) is 0 Å². The first-order chi connectivity index (χ1) is 14.1. The van der Waals surface area contributed by atoms with Crippen LogP contribution >= 0.6 is 0 Å². The zero-order chi connectivity index (χ0) is 20.7. The molecule has 1 aromatic carbocycles. The van der Waals surface area contributed by atoms with Crippen LogP contribution in [0.2, 0.25) is 0 Å². The Kier molecular flexibility index (Phi) is 7.29. The molecule has 0 bridgehead atoms. The first-order valence-corrected chi connectivity index (χ1v) is 10.9. The second-order valence-corrected chi connectivity index (χ2v) is 8.47. The number of hydrogen-bond acceptors (Lipinski definition) is 2. The number of likely N-dealkylation sites (tertiary alicyclic amines) is 2. The number of carbonyl (C=O) groups is 2. The highest BCUT2D eigenvalue weighted by atomic mass is 16.2. The molecule has 2 aliphatic rings. The Morgan fingerprint density at radius 2 is 1.90 bits per heavy atom. The van der Waals surface area contributed by atoms with Crippen LogP contribution in [0.4, 0.5) is 0 Å². The third kappa shape index (κ3) is 4.98. The summed E-state index contributed by atoms with van der Waals surface area (Å²) in [4.78, 5) is 29.9. The van der Waals surface area contributed by atoms with Crippen molar-refractivity contribution in [2.45, 2.75) is 56.9 Å². The van der Waals surface area contributed by atoms with E-state index in [1.165, 1.54) is 5.56 Å². The number of aryl methyl sites for hydroxylation is 1. The molecule has 4 nitrogen and oxygen atoms in total. The van der Waals surface area contributed by atoms with Gasteiger partial charge in [0.2, 0.25) is 11.8 Å². The van der Waals surface area contributed by atoms with Gasteiger partial charge in [-0.3, -0.25) is 9.59 Å². The topological polar surface area (TPSA) is 40.6 Å². The van der Waals surface area contributed by atoms with Crippen LogP contribution in [-0.2, 0) is 16.0 Å². The molecule has 2 saturated heterocycles. The predicted octanol–water partition coefficient (Wildman–Crippen LogP) is 4.37. The van der Waals surface area contributed by atoms with Crippen molar-refractivity contribution in [3.8, 4) is 0 Å². The second kappa shape index (κ2) is 9.91. The molecule has 2 amide bonds. The molecule has 156 valence electrons. The van der Waals surface area contributed by atoms with Crippen molar-refractivity contribution in [1.29, 1.82) is 0 Å². The highest BCUT2D eigenvalue weighted by Crippen LogP contribution is 2.38. The molecule has 3 rings (SSSR count). The maximum Gasteiger partial charge on any atom is 0.227 e. The van der Waals surface area contributed by atoms with Gasteiger partial charge in [0.25, 0.3) is 0 Å². The average Bonchev–Trinajstić information content (AvgIpc) is 3.13. The maximum absolute atomic E-state index is 13.4. The molecule has 1 atom stereocenters. The van der Waals surface area contributed by atoms with E-state index >= 15 is 0 Å². The first kappa shape index (κ1) is 21.4. The average molecular weight is 395 g/mol. The molecule has 4 heteroatoms. The van der Waals surface area contributed by atoms with Crippen LogP contribution in [0, 0.1) is 5.92 Å². The Morgan fingerprint density at radius 3 is 2.59 bits per heavy atom. The van der Waals surface area contributed by atoms with Crippen LogP contribution in [0.25, 0.3) is 0 Å². The molecule has 0 aliphatic carbocycles. The van der Waals surface area contributed by atoms with Gasteiger partial charge >= 0.3 is 0 Å². The van der Waals surface area contributed by atoms with Crippen molar-refractivity contribution in [3.05, 3.63) is 61.2 Å². The van der Waals surface area contributed by atoms with Crippen LogP contribution in [0.15, 0.2) is 55.6 Å². The molecule has 0 radical (unpaired) electrons. The lowest BCUT2D eigenvalue weighted by Crippen LogP contribution is -2.53. The zero-order valence-corrected chi connectivity index (χ0v) is 17.5. The molecule has 0 saturated carbocycles. The second-order valence-electron chi connectivity index (χ2n) is 8.47. The fourth-order valence-corrected chi connectivity index (χ4v) is 5.00. The van der Waals surface area contributed by atoms with Gasteiger partial charge in [-0.25, -0.2) is 0 Å². The molecule has 1 aromatic rings. The van der Waals surface area contributed by atoms with Crippen molar-refractivity contribution < 1.29 is 9.59 Å². The molecule has 29 heavy (non-hydrogen) atoms. The Bertz CT molecular complexity index is 718. The summed E-state index contributed by atoms with van der Waals surface area (Å²) in [6.07, 6.45) is 10.5. The number of amides is 2. The molecule has 2 aliphatic heterocycles. The van der Waals surface area contributed by atoms with Gasteiger partial charge in [0.05, 0.1) is 5.92 Å². The molecular formula is C25H34N2O2. The van der Waals surface area contributed by atoms with E-state index < -0.39 is 0 Å². The monoisotopic (exact) mass is 394 g/mol.